The van der Waals surface area contributed by atoms with Crippen molar-refractivity contribution in [2.75, 3.05) is 0 Å². The summed E-state index contributed by atoms with van der Waals surface area (Å²) in [6.45, 7) is 13.9. The van der Waals surface area contributed by atoms with Crippen LogP contribution >= 0.6 is 62.4 Å². The Kier molecular flexibility index (Phi) is 18.1. The number of rotatable bonds is 12. The summed E-state index contributed by atoms with van der Waals surface area (Å²) in [6.07, 6.45) is 0. The normalized spacial score (nSPS) is 11.5. The van der Waals surface area contributed by atoms with E-state index >= 15 is 0 Å². The molecule has 444 valence electrons. The molecule has 12 aromatic carbocycles. The molecule has 16 aromatic rings. The van der Waals surface area contributed by atoms with E-state index in [4.69, 9.17) is 17.0 Å². The minimum absolute atomic E-state index is 0.826. The Labute approximate surface area is 572 Å². The van der Waals surface area contributed by atoms with Crippen LogP contribution in [0.1, 0.15) is 19.5 Å². The summed E-state index contributed by atoms with van der Waals surface area (Å²) in [5, 5.41) is 17.1. The van der Waals surface area contributed by atoms with E-state index in [-0.39, 0.29) is 0 Å². The molecular weight excluding hydrogens is 1330 g/mol. The fraction of sp³-hybridized carbons (Fsp3) is 0.0732. The molecule has 0 saturated carbocycles. The molecule has 0 spiro atoms. The molecule has 0 nitrogen and oxygen atoms in total. The number of benzene rings is 8. The van der Waals surface area contributed by atoms with Gasteiger partial charge in [-0.1, -0.05) is 254 Å². The van der Waals surface area contributed by atoms with Crippen LogP contribution in [0.15, 0.2) is 267 Å². The van der Waals surface area contributed by atoms with Gasteiger partial charge in [-0.05, 0) is 89.0 Å². The fourth-order valence-corrected chi connectivity index (χ4v) is 23.0. The maximum atomic E-state index is 4.93. The molecule has 91 heavy (non-hydrogen) atoms. The van der Waals surface area contributed by atoms with Gasteiger partial charge in [0, 0.05) is 17.6 Å². The molecule has 2 radical (unpaired) electrons. The zero-order valence-electron chi connectivity index (χ0n) is 51.3. The summed E-state index contributed by atoms with van der Waals surface area (Å²) in [7, 11) is 7.41. The van der Waals surface area contributed by atoms with E-state index in [2.05, 4.69) is 308 Å². The number of halogens is 2. The van der Waals surface area contributed by atoms with Crippen molar-refractivity contribution >= 4 is 144 Å². The molecular formula is C82H62Cl2S4Si2Zr-4. The van der Waals surface area contributed by atoms with Crippen LogP contribution in [-0.2, 0) is 20.8 Å². The number of fused-ring (bicyclic) bond motifs is 4. The van der Waals surface area contributed by atoms with E-state index in [9.17, 15) is 0 Å². The summed E-state index contributed by atoms with van der Waals surface area (Å²) in [5.41, 5.74) is 15.9. The molecule has 9 heteroatoms. The second kappa shape index (κ2) is 26.9. The van der Waals surface area contributed by atoms with Crippen LogP contribution in [0.2, 0.25) is 13.1 Å². The Morgan fingerprint density at radius 3 is 0.670 bits per heavy atom. The van der Waals surface area contributed by atoms with E-state index < -0.39 is 38.4 Å². The topological polar surface area (TPSA) is 0 Å². The molecule has 0 fully saturated rings. The first-order valence-corrected chi connectivity index (χ1v) is 44.2. The predicted octanol–water partition coefficient (Wildman–Crippen LogP) is 23.5. The van der Waals surface area contributed by atoms with Gasteiger partial charge < -0.3 is 0 Å². The Morgan fingerprint density at radius 2 is 0.484 bits per heavy atom. The molecule has 0 unspecified atom stereocenters. The third-order valence-electron chi connectivity index (χ3n) is 17.6. The van der Waals surface area contributed by atoms with Crippen molar-refractivity contribution in [3.8, 4) is 86.3 Å². The summed E-state index contributed by atoms with van der Waals surface area (Å²) >= 11 is 6.82. The second-order valence-corrected chi connectivity index (χ2v) is 36.6. The Hall–Kier alpha value is -7.10. The van der Waals surface area contributed by atoms with Gasteiger partial charge in [0.15, 0.2) is 0 Å². The zero-order chi connectivity index (χ0) is 62.3. The van der Waals surface area contributed by atoms with Crippen LogP contribution in [0.25, 0.3) is 129 Å². The molecule has 0 amide bonds. The molecule has 0 aliphatic heterocycles. The van der Waals surface area contributed by atoms with Crippen LogP contribution in [0, 0.1) is 27.7 Å². The van der Waals surface area contributed by atoms with Gasteiger partial charge in [0.25, 0.3) is 0 Å². The van der Waals surface area contributed by atoms with E-state index in [1.165, 1.54) is 170 Å². The van der Waals surface area contributed by atoms with Crippen molar-refractivity contribution in [2.45, 2.75) is 40.8 Å². The minimum atomic E-state index is -1.23. The van der Waals surface area contributed by atoms with Crippen molar-refractivity contribution in [3.63, 3.8) is 0 Å². The van der Waals surface area contributed by atoms with Crippen molar-refractivity contribution in [1.29, 1.82) is 0 Å². The quantitative estimate of drug-likeness (QED) is 0.0845. The molecule has 0 aliphatic carbocycles. The van der Waals surface area contributed by atoms with Crippen molar-refractivity contribution in [3.05, 3.63) is 286 Å². The first-order chi connectivity index (χ1) is 44.5. The van der Waals surface area contributed by atoms with Crippen molar-refractivity contribution in [1.82, 2.24) is 0 Å². The van der Waals surface area contributed by atoms with Crippen LogP contribution in [0.3, 0.4) is 0 Å². The summed E-state index contributed by atoms with van der Waals surface area (Å²) in [4.78, 5) is 10.9. The van der Waals surface area contributed by atoms with Gasteiger partial charge in [-0.2, -0.15) is 45.3 Å². The molecule has 0 bridgehead atoms. The van der Waals surface area contributed by atoms with Crippen LogP contribution < -0.4 is 20.7 Å². The number of hydrogen-bond acceptors (Lipinski definition) is 4. The summed E-state index contributed by atoms with van der Waals surface area (Å²) in [5.74, 6) is 0. The molecule has 0 atom stereocenters. The third kappa shape index (κ3) is 12.0. The van der Waals surface area contributed by atoms with E-state index in [1.807, 2.05) is 45.3 Å². The zero-order valence-corrected chi connectivity index (χ0v) is 60.5. The number of thiophene rings is 4. The third-order valence-corrected chi connectivity index (χ3v) is 26.9. The summed E-state index contributed by atoms with van der Waals surface area (Å²) < 4.78 is 0. The SMILES string of the molecule is Cc1ccc(-c2cc3c(-c4ccccc4)cccc3[c-]2[Si](C)[c-]2c(-c3ccc(C)s3)cc3c(-c4ccccc4)cccc32)s1.Cc1ccc(-c2cc3c(-c4ccccc4)cccc3[c-]2[Si](C)[c-]2c(-c3ccc(C)s3)cc3c(-c4ccccc4)cccc32)s1.[Cl][Zr][Cl]. The standard InChI is InChI=1S/2C41H31S2Si.2ClH.Zr/c2*1-26-20-22-38(42-26)36-24-34-30(28-12-6-4-7-13-28)16-10-18-32(34)40(36)44(3)41-33-19-11-17-31(29-14-8-5-9-15-29)35(33)25-37(41)39-23-21-27(2)43-39;;;/h2*4-25H,1-3H3;2*1H;/q2*-2;;;+2/p-2. The Bertz CT molecular complexity index is 4560. The van der Waals surface area contributed by atoms with Gasteiger partial charge in [-0.15, -0.1) is 135 Å². The Balaban J connectivity index is 0.000000152. The molecule has 16 rings (SSSR count). The van der Waals surface area contributed by atoms with Crippen LogP contribution in [0.5, 0.6) is 0 Å². The first kappa shape index (κ1) is 61.4. The first-order valence-electron chi connectivity index (χ1n) is 30.6. The maximum absolute atomic E-state index is 4.93. The molecule has 0 aliphatic rings. The Morgan fingerprint density at radius 1 is 0.275 bits per heavy atom. The van der Waals surface area contributed by atoms with E-state index in [0.29, 0.717) is 0 Å². The van der Waals surface area contributed by atoms with Gasteiger partial charge in [-0.3, -0.25) is 0 Å². The average molecular weight is 1390 g/mol. The molecule has 4 aromatic heterocycles. The van der Waals surface area contributed by atoms with Gasteiger partial charge in [0.2, 0.25) is 0 Å². The van der Waals surface area contributed by atoms with Gasteiger partial charge >= 0.3 is 37.9 Å². The van der Waals surface area contributed by atoms with Gasteiger partial charge in [-0.25, -0.2) is 0 Å². The fourth-order valence-electron chi connectivity index (χ4n) is 13.6. The second-order valence-electron chi connectivity index (χ2n) is 23.2. The predicted molar refractivity (Wildman–Crippen MR) is 406 cm³/mol. The molecule has 0 saturated heterocycles. The van der Waals surface area contributed by atoms with Gasteiger partial charge in [0.05, 0.1) is 0 Å². The van der Waals surface area contributed by atoms with Crippen LogP contribution in [-0.4, -0.2) is 17.6 Å². The molecule has 0 N–H and O–H groups in total. The van der Waals surface area contributed by atoms with E-state index in [0.717, 1.165) is 0 Å². The number of aryl methyl sites for hydroxylation is 4. The van der Waals surface area contributed by atoms with Gasteiger partial charge in [0.1, 0.15) is 0 Å². The molecule has 4 heterocycles. The number of hydrogen-bond donors (Lipinski definition) is 0. The van der Waals surface area contributed by atoms with Crippen LogP contribution in [0.4, 0.5) is 0 Å². The van der Waals surface area contributed by atoms with Crippen molar-refractivity contribution < 1.29 is 20.8 Å². The monoisotopic (exact) mass is 1390 g/mol. The van der Waals surface area contributed by atoms with E-state index in [1.54, 1.807) is 0 Å². The average Bonchev–Trinajstić information content (AvgIpc) is 1.62. The van der Waals surface area contributed by atoms with Crippen molar-refractivity contribution in [2.24, 2.45) is 0 Å². The summed E-state index contributed by atoms with van der Waals surface area (Å²) in [6, 6.07) is 99.5.